The van der Waals surface area contributed by atoms with Crippen molar-refractivity contribution in [2.45, 2.75) is 62.6 Å². The highest BCUT2D eigenvalue weighted by molar-refractivity contribution is 5.83. The summed E-state index contributed by atoms with van der Waals surface area (Å²) in [6.45, 7) is 3.53. The maximum Gasteiger partial charge on any atom is 0.416 e. The quantitative estimate of drug-likeness (QED) is 0.294. The summed E-state index contributed by atoms with van der Waals surface area (Å²) in [6, 6.07) is 5.34. The fourth-order valence-electron chi connectivity index (χ4n) is 6.96. The van der Waals surface area contributed by atoms with Crippen molar-refractivity contribution in [3.05, 3.63) is 88.0 Å². The Morgan fingerprint density at radius 2 is 1.63 bits per heavy atom. The summed E-state index contributed by atoms with van der Waals surface area (Å²) in [5.41, 5.74) is -2.18. The molecule has 2 amide bonds. The average molecular weight is 611 g/mol. The summed E-state index contributed by atoms with van der Waals surface area (Å²) in [5, 5.41) is 2.67. The van der Waals surface area contributed by atoms with E-state index in [2.05, 4.69) is 5.32 Å². The second kappa shape index (κ2) is 9.59. The smallest absolute Gasteiger partial charge is 0.416 e. The van der Waals surface area contributed by atoms with Gasteiger partial charge in [-0.1, -0.05) is 19.9 Å². The predicted octanol–water partition coefficient (Wildman–Crippen LogP) is 8.77. The van der Waals surface area contributed by atoms with Crippen LogP contribution < -0.4 is 10.1 Å². The van der Waals surface area contributed by atoms with E-state index in [0.29, 0.717) is 29.2 Å². The monoisotopic (exact) mass is 610 g/mol. The highest BCUT2D eigenvalue weighted by Gasteiger charge is 2.74. The zero-order valence-corrected chi connectivity index (χ0v) is 23.1. The van der Waals surface area contributed by atoms with Gasteiger partial charge < -0.3 is 15.0 Å². The number of nitrogens with one attached hydrogen (secondary N) is 1. The summed E-state index contributed by atoms with van der Waals surface area (Å²) in [6.07, 6.45) is -8.92. The van der Waals surface area contributed by atoms with Crippen LogP contribution in [0.1, 0.15) is 72.5 Å². The van der Waals surface area contributed by atoms with Gasteiger partial charge in [0.2, 0.25) is 0 Å². The SMILES string of the molecule is COc1cc(F)c(C(C)C)cc1-c1ccc(C(F)(F)F)cc1[C@@H]1CC2C[C@@]23[C@@H](c2cc(F)cc(C(F)(F)F)c2)NC(=O)N13. The largest absolute Gasteiger partial charge is 0.496 e. The van der Waals surface area contributed by atoms with Crippen molar-refractivity contribution < 1.29 is 44.7 Å². The van der Waals surface area contributed by atoms with Crippen LogP contribution in [0.5, 0.6) is 5.75 Å². The molecule has 2 heterocycles. The molecule has 6 rings (SSSR count). The fraction of sp³-hybridized carbons (Fsp3) is 0.387. The van der Waals surface area contributed by atoms with E-state index < -0.39 is 58.8 Å². The maximum atomic E-state index is 14.8. The number of halogens is 8. The van der Waals surface area contributed by atoms with Crippen molar-refractivity contribution in [2.24, 2.45) is 5.92 Å². The number of alkyl halides is 6. The molecule has 1 N–H and O–H groups in total. The van der Waals surface area contributed by atoms with E-state index >= 15 is 0 Å². The van der Waals surface area contributed by atoms with Crippen molar-refractivity contribution >= 4 is 6.03 Å². The molecule has 3 aromatic carbocycles. The van der Waals surface area contributed by atoms with Gasteiger partial charge in [-0.3, -0.25) is 0 Å². The molecule has 3 aromatic rings. The Labute approximate surface area is 241 Å². The number of benzene rings is 3. The highest BCUT2D eigenvalue weighted by Crippen LogP contribution is 2.69. The van der Waals surface area contributed by atoms with Crippen LogP contribution in [0.25, 0.3) is 11.1 Å². The first-order chi connectivity index (χ1) is 20.1. The van der Waals surface area contributed by atoms with Gasteiger partial charge in [0.1, 0.15) is 17.4 Å². The van der Waals surface area contributed by atoms with Crippen molar-refractivity contribution in [1.29, 1.82) is 0 Å². The van der Waals surface area contributed by atoms with E-state index in [0.717, 1.165) is 24.3 Å². The summed E-state index contributed by atoms with van der Waals surface area (Å²) >= 11 is 0. The molecule has 228 valence electrons. The van der Waals surface area contributed by atoms with Crippen molar-refractivity contribution in [2.75, 3.05) is 7.11 Å². The molecule has 1 spiro atoms. The van der Waals surface area contributed by atoms with Gasteiger partial charge in [-0.05, 0) is 83.3 Å². The molecule has 1 aliphatic carbocycles. The molecule has 1 saturated carbocycles. The Morgan fingerprint density at radius 3 is 2.26 bits per heavy atom. The van der Waals surface area contributed by atoms with Gasteiger partial charge in [0.05, 0.1) is 35.9 Å². The molecule has 4 nitrogen and oxygen atoms in total. The molecule has 2 saturated heterocycles. The molecular formula is C31H26F8N2O2. The number of hydrogen-bond donors (Lipinski definition) is 1. The first-order valence-electron chi connectivity index (χ1n) is 13.6. The molecule has 43 heavy (non-hydrogen) atoms. The Hall–Kier alpha value is -3.83. The fourth-order valence-corrected chi connectivity index (χ4v) is 6.96. The molecule has 12 heteroatoms. The standard InChI is InChI=1S/C31H26F8N2O2/c1-14(2)21-11-23(26(43-3)12-24(21)33)20-5-4-16(30(34,35)36)9-22(20)25-10-18-13-29(18)27(40-28(42)41(25)29)15-6-17(31(37,38)39)8-19(32)7-15/h4-9,11-12,14,18,25,27H,10,13H2,1-3H3,(H,40,42)/t18?,25-,27+,29-/m0/s1. The van der Waals surface area contributed by atoms with Gasteiger partial charge in [-0.25, -0.2) is 13.6 Å². The van der Waals surface area contributed by atoms with E-state index in [1.807, 2.05) is 0 Å². The van der Waals surface area contributed by atoms with E-state index in [9.17, 15) is 39.9 Å². The third kappa shape index (κ3) is 4.60. The summed E-state index contributed by atoms with van der Waals surface area (Å²) in [4.78, 5) is 14.9. The number of hydrogen-bond acceptors (Lipinski definition) is 2. The number of rotatable bonds is 5. The highest BCUT2D eigenvalue weighted by atomic mass is 19.4. The minimum absolute atomic E-state index is 0.0719. The van der Waals surface area contributed by atoms with E-state index in [1.165, 1.54) is 30.2 Å². The second-order valence-electron chi connectivity index (χ2n) is 11.7. The summed E-state index contributed by atoms with van der Waals surface area (Å²) < 4.78 is 117. The summed E-state index contributed by atoms with van der Waals surface area (Å²) in [5.74, 6) is -2.10. The van der Waals surface area contributed by atoms with Gasteiger partial charge in [-0.2, -0.15) is 26.3 Å². The van der Waals surface area contributed by atoms with Crippen LogP contribution >= 0.6 is 0 Å². The number of carbonyl (C=O) groups is 1. The molecular weight excluding hydrogens is 584 g/mol. The van der Waals surface area contributed by atoms with Crippen LogP contribution in [0.4, 0.5) is 39.9 Å². The van der Waals surface area contributed by atoms with Crippen molar-refractivity contribution in [3.8, 4) is 16.9 Å². The molecule has 0 radical (unpaired) electrons. The lowest BCUT2D eigenvalue weighted by molar-refractivity contribution is -0.138. The van der Waals surface area contributed by atoms with Crippen LogP contribution in [0.2, 0.25) is 0 Å². The zero-order chi connectivity index (χ0) is 31.2. The van der Waals surface area contributed by atoms with Gasteiger partial charge in [-0.15, -0.1) is 0 Å². The van der Waals surface area contributed by atoms with Crippen molar-refractivity contribution in [3.63, 3.8) is 0 Å². The number of methoxy groups -OCH3 is 1. The predicted molar refractivity (Wildman–Crippen MR) is 140 cm³/mol. The van der Waals surface area contributed by atoms with E-state index in [1.54, 1.807) is 13.8 Å². The minimum atomic E-state index is -4.83. The number of ether oxygens (including phenoxy) is 1. The van der Waals surface area contributed by atoms with E-state index in [4.69, 9.17) is 4.74 Å². The molecule has 1 unspecified atom stereocenters. The topological polar surface area (TPSA) is 41.6 Å². The first kappa shape index (κ1) is 29.3. The average Bonchev–Trinajstić information content (AvgIpc) is 3.39. The Kier molecular flexibility index (Phi) is 6.52. The second-order valence-corrected chi connectivity index (χ2v) is 11.7. The Balaban J connectivity index is 1.49. The molecule has 0 bridgehead atoms. The Bertz CT molecular complexity index is 1630. The Morgan fingerprint density at radius 1 is 0.930 bits per heavy atom. The molecule has 2 aliphatic heterocycles. The normalized spacial score (nSPS) is 24.7. The number of carbonyl (C=O) groups excluding carboxylic acids is 1. The van der Waals surface area contributed by atoms with Gasteiger partial charge in [0.25, 0.3) is 0 Å². The van der Waals surface area contributed by atoms with E-state index in [-0.39, 0.29) is 35.1 Å². The van der Waals surface area contributed by atoms with Crippen LogP contribution in [-0.4, -0.2) is 23.6 Å². The van der Waals surface area contributed by atoms with Gasteiger partial charge >= 0.3 is 18.4 Å². The van der Waals surface area contributed by atoms with Crippen LogP contribution in [-0.2, 0) is 12.4 Å². The summed E-state index contributed by atoms with van der Waals surface area (Å²) in [7, 11) is 1.31. The van der Waals surface area contributed by atoms with Gasteiger partial charge in [0, 0.05) is 11.6 Å². The molecule has 4 atom stereocenters. The third-order valence-corrected chi connectivity index (χ3v) is 8.92. The molecule has 3 aliphatic rings. The number of piperidine rings is 1. The number of nitrogens with zero attached hydrogens (tertiary/aromatic N) is 1. The number of amides is 2. The molecule has 0 aromatic heterocycles. The van der Waals surface area contributed by atoms with Crippen LogP contribution in [0.3, 0.4) is 0 Å². The zero-order valence-electron chi connectivity index (χ0n) is 23.1. The maximum absolute atomic E-state index is 14.8. The minimum Gasteiger partial charge on any atom is -0.496 e. The molecule has 3 fully saturated rings. The number of urea groups is 1. The van der Waals surface area contributed by atoms with Crippen molar-refractivity contribution in [1.82, 2.24) is 10.2 Å². The lowest BCUT2D eigenvalue weighted by Crippen LogP contribution is -2.36. The lowest BCUT2D eigenvalue weighted by atomic mass is 9.88. The van der Waals surface area contributed by atoms with Gasteiger partial charge in [0.15, 0.2) is 0 Å². The van der Waals surface area contributed by atoms with Crippen LogP contribution in [0.15, 0.2) is 48.5 Å². The van der Waals surface area contributed by atoms with Crippen LogP contribution in [0, 0.1) is 17.6 Å². The first-order valence-corrected chi connectivity index (χ1v) is 13.6. The lowest BCUT2D eigenvalue weighted by Gasteiger charge is -2.31. The third-order valence-electron chi connectivity index (χ3n) is 8.92.